The van der Waals surface area contributed by atoms with Gasteiger partial charge in [-0.25, -0.2) is 0 Å². The van der Waals surface area contributed by atoms with Gasteiger partial charge in [0.25, 0.3) is 0 Å². The molecule has 28 heavy (non-hydrogen) atoms. The molecule has 0 spiro atoms. The van der Waals surface area contributed by atoms with Crippen molar-refractivity contribution in [3.63, 3.8) is 0 Å². The molecule has 0 aliphatic carbocycles. The van der Waals surface area contributed by atoms with Gasteiger partial charge in [-0.1, -0.05) is 12.2 Å². The van der Waals surface area contributed by atoms with Crippen LogP contribution in [0.3, 0.4) is 0 Å². The van der Waals surface area contributed by atoms with Crippen molar-refractivity contribution in [1.29, 1.82) is 0 Å². The number of phosphoric ester groups is 1. The van der Waals surface area contributed by atoms with E-state index < -0.39 is 7.82 Å². The fraction of sp³-hybridized carbons (Fsp3) is 0.222. The van der Waals surface area contributed by atoms with Crippen molar-refractivity contribution in [2.45, 2.75) is 13.2 Å². The number of aliphatic hydroxyl groups is 2. The van der Waals surface area contributed by atoms with Crippen molar-refractivity contribution in [2.75, 3.05) is 14.2 Å². The van der Waals surface area contributed by atoms with Gasteiger partial charge in [0.2, 0.25) is 0 Å². The summed E-state index contributed by atoms with van der Waals surface area (Å²) in [6, 6.07) is 6.39. The molecule has 2 aromatic rings. The number of halogens is 1. The SMILES string of the molecule is COc1ccc(/C=C\c2cc(CO)c(CO)c(OC)c2)c(OP(=O)([O-])[O-])c1Br. The van der Waals surface area contributed by atoms with Gasteiger partial charge in [0.05, 0.1) is 27.4 Å². The van der Waals surface area contributed by atoms with Crippen LogP contribution in [0.4, 0.5) is 0 Å². The summed E-state index contributed by atoms with van der Waals surface area (Å²) < 4.78 is 26.2. The first-order valence-electron chi connectivity index (χ1n) is 7.91. The molecule has 0 atom stereocenters. The number of aliphatic hydroxyl groups excluding tert-OH is 2. The Hall–Kier alpha value is -1.87. The van der Waals surface area contributed by atoms with Crippen molar-refractivity contribution < 1.29 is 38.6 Å². The van der Waals surface area contributed by atoms with E-state index in [1.807, 2.05) is 0 Å². The number of benzene rings is 2. The topological polar surface area (TPSA) is 131 Å². The fourth-order valence-corrected chi connectivity index (χ4v) is 3.71. The fourth-order valence-electron chi connectivity index (χ4n) is 2.56. The zero-order valence-corrected chi connectivity index (χ0v) is 17.5. The van der Waals surface area contributed by atoms with Crippen molar-refractivity contribution >= 4 is 35.9 Å². The van der Waals surface area contributed by atoms with Crippen molar-refractivity contribution in [3.05, 3.63) is 51.0 Å². The highest BCUT2D eigenvalue weighted by Crippen LogP contribution is 2.43. The Morgan fingerprint density at radius 2 is 1.75 bits per heavy atom. The lowest BCUT2D eigenvalue weighted by atomic mass is 10.0. The van der Waals surface area contributed by atoms with Gasteiger partial charge in [-0.2, -0.15) is 0 Å². The minimum Gasteiger partial charge on any atom is -0.780 e. The Bertz CT molecular complexity index is 897. The zero-order chi connectivity index (χ0) is 20.9. The van der Waals surface area contributed by atoms with Gasteiger partial charge in [0.1, 0.15) is 29.5 Å². The lowest BCUT2D eigenvalue weighted by molar-refractivity contribution is -0.333. The number of hydrogen-bond donors (Lipinski definition) is 2. The van der Waals surface area contributed by atoms with Gasteiger partial charge >= 0.3 is 0 Å². The minimum atomic E-state index is -5.30. The highest BCUT2D eigenvalue weighted by atomic mass is 79.9. The Kier molecular flexibility index (Phi) is 7.65. The molecule has 2 N–H and O–H groups in total. The summed E-state index contributed by atoms with van der Waals surface area (Å²) in [5.41, 5.74) is 1.87. The van der Waals surface area contributed by atoms with Crippen LogP contribution in [0.15, 0.2) is 28.7 Å². The third kappa shape index (κ3) is 5.35. The maximum atomic E-state index is 11.1. The Morgan fingerprint density at radius 1 is 1.07 bits per heavy atom. The molecule has 152 valence electrons. The second-order valence-electron chi connectivity index (χ2n) is 5.55. The quantitative estimate of drug-likeness (QED) is 0.439. The normalized spacial score (nSPS) is 11.7. The molecule has 0 bridgehead atoms. The van der Waals surface area contributed by atoms with E-state index >= 15 is 0 Å². The predicted molar refractivity (Wildman–Crippen MR) is 103 cm³/mol. The van der Waals surface area contributed by atoms with E-state index in [-0.39, 0.29) is 29.2 Å². The molecule has 0 saturated carbocycles. The van der Waals surface area contributed by atoms with E-state index in [4.69, 9.17) is 9.47 Å². The van der Waals surface area contributed by atoms with E-state index in [1.165, 1.54) is 26.4 Å². The molecule has 0 saturated heterocycles. The van der Waals surface area contributed by atoms with Crippen molar-refractivity contribution in [2.24, 2.45) is 0 Å². The molecule has 0 amide bonds. The van der Waals surface area contributed by atoms with E-state index in [0.29, 0.717) is 28.0 Å². The van der Waals surface area contributed by atoms with Crippen LogP contribution in [0.1, 0.15) is 22.3 Å². The summed E-state index contributed by atoms with van der Waals surface area (Å²) in [6.45, 7) is -0.597. The average Bonchev–Trinajstić information content (AvgIpc) is 2.66. The van der Waals surface area contributed by atoms with Gasteiger partial charge < -0.3 is 38.6 Å². The monoisotopic (exact) mass is 472 g/mol. The molecule has 10 heteroatoms. The standard InChI is InChI=1S/C18H20BrO8P/c1-25-15-6-5-12(18(17(15)19)27-28(22,23)24)4-3-11-7-13(9-20)14(10-21)16(8-11)26-2/h3-8,20-21H,9-10H2,1-2H3,(H2,22,23,24)/p-2/b4-3-. The van der Waals surface area contributed by atoms with Gasteiger partial charge in [-0.3, -0.25) is 0 Å². The van der Waals surface area contributed by atoms with E-state index in [2.05, 4.69) is 20.5 Å². The number of ether oxygens (including phenoxy) is 2. The average molecular weight is 473 g/mol. The van der Waals surface area contributed by atoms with Gasteiger partial charge in [0, 0.05) is 11.1 Å². The van der Waals surface area contributed by atoms with Gasteiger partial charge in [-0.15, -0.1) is 0 Å². The smallest absolute Gasteiger partial charge is 0.149 e. The summed E-state index contributed by atoms with van der Waals surface area (Å²) in [4.78, 5) is 22.2. The van der Waals surface area contributed by atoms with Crippen LogP contribution in [-0.4, -0.2) is 24.4 Å². The minimum absolute atomic E-state index is 0.174. The van der Waals surface area contributed by atoms with E-state index in [1.54, 1.807) is 24.3 Å². The Balaban J connectivity index is 2.52. The molecule has 0 aliphatic rings. The number of methoxy groups -OCH3 is 2. The number of phosphoric acid groups is 1. The van der Waals surface area contributed by atoms with E-state index in [9.17, 15) is 24.6 Å². The summed E-state index contributed by atoms with van der Waals surface area (Å²) in [6.07, 6.45) is 3.15. The molecule has 2 rings (SSSR count). The molecule has 0 aliphatic heterocycles. The molecular weight excluding hydrogens is 455 g/mol. The maximum Gasteiger partial charge on any atom is 0.149 e. The first-order valence-corrected chi connectivity index (χ1v) is 10.2. The first-order chi connectivity index (χ1) is 13.2. The lowest BCUT2D eigenvalue weighted by Gasteiger charge is -2.30. The third-order valence-electron chi connectivity index (χ3n) is 3.84. The number of hydrogen-bond acceptors (Lipinski definition) is 8. The highest BCUT2D eigenvalue weighted by Gasteiger charge is 2.14. The second kappa shape index (κ2) is 9.56. The zero-order valence-electron chi connectivity index (χ0n) is 15.0. The summed E-state index contributed by atoms with van der Waals surface area (Å²) in [5, 5.41) is 19.0. The summed E-state index contributed by atoms with van der Waals surface area (Å²) in [5.74, 6) is 0.479. The van der Waals surface area contributed by atoms with Gasteiger partial charge in [-0.05, 0) is 51.3 Å². The molecule has 8 nitrogen and oxygen atoms in total. The summed E-state index contributed by atoms with van der Waals surface area (Å²) >= 11 is 3.17. The Labute approximate surface area is 170 Å². The molecule has 0 fully saturated rings. The third-order valence-corrected chi connectivity index (χ3v) is 5.00. The first kappa shape index (κ1) is 22.4. The van der Waals surface area contributed by atoms with Crippen LogP contribution in [0.25, 0.3) is 12.2 Å². The molecule has 0 unspecified atom stereocenters. The van der Waals surface area contributed by atoms with Crippen LogP contribution in [-0.2, 0) is 17.8 Å². The van der Waals surface area contributed by atoms with Crippen LogP contribution in [0, 0.1) is 0 Å². The van der Waals surface area contributed by atoms with E-state index in [0.717, 1.165) is 0 Å². The molecule has 2 aromatic carbocycles. The van der Waals surface area contributed by atoms with Crippen LogP contribution >= 0.6 is 23.8 Å². The van der Waals surface area contributed by atoms with Crippen LogP contribution in [0.5, 0.6) is 17.2 Å². The van der Waals surface area contributed by atoms with Crippen LogP contribution in [0.2, 0.25) is 0 Å². The number of rotatable bonds is 8. The highest BCUT2D eigenvalue weighted by molar-refractivity contribution is 9.10. The van der Waals surface area contributed by atoms with Crippen LogP contribution < -0.4 is 23.8 Å². The maximum absolute atomic E-state index is 11.1. The Morgan fingerprint density at radius 3 is 2.29 bits per heavy atom. The van der Waals surface area contributed by atoms with Crippen molar-refractivity contribution in [3.8, 4) is 17.2 Å². The largest absolute Gasteiger partial charge is 0.780 e. The van der Waals surface area contributed by atoms with Gasteiger partial charge in [0.15, 0.2) is 0 Å². The molecule has 0 aromatic heterocycles. The second-order valence-corrected chi connectivity index (χ2v) is 7.42. The predicted octanol–water partition coefficient (Wildman–Crippen LogP) is 1.83. The summed E-state index contributed by atoms with van der Waals surface area (Å²) in [7, 11) is -2.48. The molecular formula is C18H18BrO8P-2. The van der Waals surface area contributed by atoms with Crippen molar-refractivity contribution in [1.82, 2.24) is 0 Å². The molecule has 0 heterocycles. The molecule has 0 radical (unpaired) electrons. The lowest BCUT2D eigenvalue weighted by Crippen LogP contribution is -2.19.